The molecule has 102 valence electrons. The third-order valence-corrected chi connectivity index (χ3v) is 2.97. The molecule has 0 amide bonds. The number of aromatic nitrogens is 3. The number of nitrogens with zero attached hydrogens (tertiary/aromatic N) is 4. The summed E-state index contributed by atoms with van der Waals surface area (Å²) in [5.74, 6) is 0.306. The van der Waals surface area contributed by atoms with Gasteiger partial charge in [0.15, 0.2) is 0 Å². The SMILES string of the molecule is Cc1cc(F)ccc1-c1noc(-c2ccc(C#N)cn2)n1. The number of hydrogen-bond donors (Lipinski definition) is 0. The van der Waals surface area contributed by atoms with Gasteiger partial charge < -0.3 is 4.52 Å². The van der Waals surface area contributed by atoms with Crippen molar-refractivity contribution in [2.75, 3.05) is 0 Å². The van der Waals surface area contributed by atoms with Crippen molar-refractivity contribution in [2.24, 2.45) is 0 Å². The fraction of sp³-hybridized carbons (Fsp3) is 0.0667. The van der Waals surface area contributed by atoms with Crippen molar-refractivity contribution in [3.05, 3.63) is 53.5 Å². The van der Waals surface area contributed by atoms with Gasteiger partial charge >= 0.3 is 0 Å². The number of rotatable bonds is 2. The molecule has 0 fully saturated rings. The summed E-state index contributed by atoms with van der Waals surface area (Å²) in [7, 11) is 0. The van der Waals surface area contributed by atoms with E-state index in [1.165, 1.54) is 18.3 Å². The Hall–Kier alpha value is -3.07. The smallest absolute Gasteiger partial charge is 0.276 e. The molecule has 2 heterocycles. The average molecular weight is 280 g/mol. The molecule has 0 saturated heterocycles. The zero-order chi connectivity index (χ0) is 14.8. The topological polar surface area (TPSA) is 75.6 Å². The molecule has 0 spiro atoms. The van der Waals surface area contributed by atoms with Gasteiger partial charge in [0.25, 0.3) is 5.89 Å². The van der Waals surface area contributed by atoms with Crippen LogP contribution in [0.25, 0.3) is 23.0 Å². The van der Waals surface area contributed by atoms with Crippen LogP contribution in [0.15, 0.2) is 41.1 Å². The first kappa shape index (κ1) is 12.9. The first-order valence-corrected chi connectivity index (χ1v) is 6.14. The molecule has 0 aliphatic carbocycles. The molecule has 0 atom stereocenters. The first-order chi connectivity index (χ1) is 10.2. The van der Waals surface area contributed by atoms with Gasteiger partial charge in [-0.3, -0.25) is 0 Å². The van der Waals surface area contributed by atoms with E-state index in [1.807, 2.05) is 6.07 Å². The Bertz CT molecular complexity index is 834. The number of pyridine rings is 1. The Morgan fingerprint density at radius 3 is 2.76 bits per heavy atom. The molecule has 0 aliphatic rings. The third-order valence-electron chi connectivity index (χ3n) is 2.97. The summed E-state index contributed by atoms with van der Waals surface area (Å²) in [5.41, 5.74) is 2.34. The predicted octanol–water partition coefficient (Wildman–Crippen LogP) is 3.12. The van der Waals surface area contributed by atoms with E-state index in [9.17, 15) is 4.39 Å². The van der Waals surface area contributed by atoms with Crippen molar-refractivity contribution in [1.82, 2.24) is 15.1 Å². The number of hydrogen-bond acceptors (Lipinski definition) is 5. The average Bonchev–Trinajstić information content (AvgIpc) is 2.97. The van der Waals surface area contributed by atoms with Crippen LogP contribution in [0.4, 0.5) is 4.39 Å². The molecule has 1 aromatic carbocycles. The third kappa shape index (κ3) is 2.49. The van der Waals surface area contributed by atoms with Gasteiger partial charge in [-0.15, -0.1) is 0 Å². The summed E-state index contributed by atoms with van der Waals surface area (Å²) in [6.45, 7) is 1.77. The second-order valence-corrected chi connectivity index (χ2v) is 4.43. The highest BCUT2D eigenvalue weighted by Crippen LogP contribution is 2.24. The van der Waals surface area contributed by atoms with Crippen LogP contribution in [-0.4, -0.2) is 15.1 Å². The number of benzene rings is 1. The molecule has 0 unspecified atom stereocenters. The molecule has 0 bridgehead atoms. The molecular weight excluding hydrogens is 271 g/mol. The summed E-state index contributed by atoms with van der Waals surface area (Å²) < 4.78 is 18.3. The number of nitriles is 1. The highest BCUT2D eigenvalue weighted by atomic mass is 19.1. The van der Waals surface area contributed by atoms with Crippen molar-refractivity contribution < 1.29 is 8.91 Å². The monoisotopic (exact) mass is 280 g/mol. The van der Waals surface area contributed by atoms with E-state index < -0.39 is 0 Å². The van der Waals surface area contributed by atoms with Gasteiger partial charge in [-0.1, -0.05) is 5.16 Å². The van der Waals surface area contributed by atoms with Crippen LogP contribution in [-0.2, 0) is 0 Å². The van der Waals surface area contributed by atoms with Crippen molar-refractivity contribution in [3.8, 4) is 29.0 Å². The van der Waals surface area contributed by atoms with Gasteiger partial charge in [0, 0.05) is 11.8 Å². The van der Waals surface area contributed by atoms with Crippen LogP contribution in [0, 0.1) is 24.1 Å². The minimum atomic E-state index is -0.311. The molecule has 0 N–H and O–H groups in total. The maximum absolute atomic E-state index is 13.1. The molecule has 0 aliphatic heterocycles. The highest BCUT2D eigenvalue weighted by molar-refractivity contribution is 5.61. The Labute approximate surface area is 119 Å². The zero-order valence-electron chi connectivity index (χ0n) is 11.0. The van der Waals surface area contributed by atoms with Crippen LogP contribution in [0.2, 0.25) is 0 Å². The minimum absolute atomic E-state index is 0.248. The van der Waals surface area contributed by atoms with Gasteiger partial charge in [0.2, 0.25) is 5.82 Å². The van der Waals surface area contributed by atoms with Gasteiger partial charge in [0.05, 0.1) is 5.56 Å². The normalized spacial score (nSPS) is 10.3. The fourth-order valence-corrected chi connectivity index (χ4v) is 1.90. The lowest BCUT2D eigenvalue weighted by Crippen LogP contribution is -1.88. The molecule has 2 aromatic heterocycles. The summed E-state index contributed by atoms with van der Waals surface area (Å²) in [6, 6.07) is 9.59. The van der Waals surface area contributed by atoms with E-state index >= 15 is 0 Å². The fourth-order valence-electron chi connectivity index (χ4n) is 1.90. The second-order valence-electron chi connectivity index (χ2n) is 4.43. The standard InChI is InChI=1S/C15H9FN4O/c1-9-6-11(16)3-4-12(9)14-19-15(21-20-14)13-5-2-10(7-17)8-18-13/h2-6,8H,1H3. The molecule has 3 aromatic rings. The van der Waals surface area contributed by atoms with Gasteiger partial charge in [0.1, 0.15) is 17.6 Å². The van der Waals surface area contributed by atoms with Gasteiger partial charge in [-0.05, 0) is 42.8 Å². The molecule has 0 radical (unpaired) electrons. The maximum Gasteiger partial charge on any atom is 0.276 e. The van der Waals surface area contributed by atoms with Crippen LogP contribution in [0.3, 0.4) is 0 Å². The molecule has 0 saturated carbocycles. The number of halogens is 1. The van der Waals surface area contributed by atoms with E-state index in [0.717, 1.165) is 5.56 Å². The van der Waals surface area contributed by atoms with Crippen LogP contribution >= 0.6 is 0 Å². The molecule has 5 nitrogen and oxygen atoms in total. The summed E-state index contributed by atoms with van der Waals surface area (Å²) >= 11 is 0. The molecular formula is C15H9FN4O. The quantitative estimate of drug-likeness (QED) is 0.720. The first-order valence-electron chi connectivity index (χ1n) is 6.14. The predicted molar refractivity (Wildman–Crippen MR) is 72.4 cm³/mol. The van der Waals surface area contributed by atoms with Crippen molar-refractivity contribution in [1.29, 1.82) is 5.26 Å². The summed E-state index contributed by atoms with van der Waals surface area (Å²) in [6.07, 6.45) is 1.43. The Balaban J connectivity index is 1.97. The largest absolute Gasteiger partial charge is 0.332 e. The lowest BCUT2D eigenvalue weighted by atomic mass is 10.1. The molecule has 21 heavy (non-hydrogen) atoms. The summed E-state index contributed by atoms with van der Waals surface area (Å²) in [5, 5.41) is 12.6. The van der Waals surface area contributed by atoms with E-state index in [4.69, 9.17) is 9.78 Å². The Morgan fingerprint density at radius 2 is 2.10 bits per heavy atom. The van der Waals surface area contributed by atoms with Crippen molar-refractivity contribution in [3.63, 3.8) is 0 Å². The lowest BCUT2D eigenvalue weighted by Gasteiger charge is -1.99. The van der Waals surface area contributed by atoms with Gasteiger partial charge in [-0.25, -0.2) is 9.37 Å². The van der Waals surface area contributed by atoms with E-state index in [-0.39, 0.29) is 11.7 Å². The van der Waals surface area contributed by atoms with E-state index in [0.29, 0.717) is 22.6 Å². The van der Waals surface area contributed by atoms with Crippen LogP contribution in [0.1, 0.15) is 11.1 Å². The van der Waals surface area contributed by atoms with E-state index in [1.54, 1.807) is 25.1 Å². The second kappa shape index (κ2) is 5.13. The van der Waals surface area contributed by atoms with Crippen LogP contribution in [0.5, 0.6) is 0 Å². The lowest BCUT2D eigenvalue weighted by molar-refractivity contribution is 0.431. The van der Waals surface area contributed by atoms with Gasteiger partial charge in [-0.2, -0.15) is 10.2 Å². The van der Waals surface area contributed by atoms with Crippen molar-refractivity contribution in [2.45, 2.75) is 6.92 Å². The number of aryl methyl sites for hydroxylation is 1. The Kier molecular flexibility index (Phi) is 3.16. The van der Waals surface area contributed by atoms with E-state index in [2.05, 4.69) is 15.1 Å². The Morgan fingerprint density at radius 1 is 1.24 bits per heavy atom. The van der Waals surface area contributed by atoms with Crippen LogP contribution < -0.4 is 0 Å². The van der Waals surface area contributed by atoms with Crippen molar-refractivity contribution >= 4 is 0 Å². The molecule has 3 rings (SSSR count). The minimum Gasteiger partial charge on any atom is -0.332 e. The molecule has 6 heteroatoms. The highest BCUT2D eigenvalue weighted by Gasteiger charge is 2.13. The zero-order valence-corrected chi connectivity index (χ0v) is 11.0. The maximum atomic E-state index is 13.1. The summed E-state index contributed by atoms with van der Waals surface area (Å²) in [4.78, 5) is 8.34.